The number of hydrazone groups is 1. The Morgan fingerprint density at radius 2 is 2.15 bits per heavy atom. The van der Waals surface area contributed by atoms with E-state index in [1.165, 1.54) is 5.56 Å². The summed E-state index contributed by atoms with van der Waals surface area (Å²) < 4.78 is 0. The summed E-state index contributed by atoms with van der Waals surface area (Å²) in [6.07, 6.45) is 0. The van der Waals surface area contributed by atoms with Crippen LogP contribution in [0.15, 0.2) is 23.3 Å². The second kappa shape index (κ2) is 3.94. The van der Waals surface area contributed by atoms with Gasteiger partial charge < -0.3 is 5.73 Å². The number of nitrogens with zero attached hydrogens (tertiary/aromatic N) is 1. The van der Waals surface area contributed by atoms with Gasteiger partial charge in [-0.15, -0.1) is 0 Å². The van der Waals surface area contributed by atoms with Crippen LogP contribution in [-0.4, -0.2) is 6.72 Å². The first-order valence-electron chi connectivity index (χ1n) is 4.26. The highest BCUT2D eigenvalue weighted by molar-refractivity contribution is 5.67. The van der Waals surface area contributed by atoms with Crippen molar-refractivity contribution in [2.45, 2.75) is 19.8 Å². The Hall–Kier alpha value is -1.51. The van der Waals surface area contributed by atoms with Crippen LogP contribution in [0.25, 0.3) is 0 Å². The first kappa shape index (κ1) is 9.58. The molecule has 0 saturated heterocycles. The highest BCUT2D eigenvalue weighted by atomic mass is 15.3. The van der Waals surface area contributed by atoms with Crippen LogP contribution in [0, 0.1) is 0 Å². The van der Waals surface area contributed by atoms with E-state index in [2.05, 4.69) is 31.1 Å². The molecule has 0 aliphatic rings. The van der Waals surface area contributed by atoms with Gasteiger partial charge in [0.1, 0.15) is 0 Å². The molecule has 0 fully saturated rings. The summed E-state index contributed by atoms with van der Waals surface area (Å²) >= 11 is 0. The number of benzene rings is 1. The van der Waals surface area contributed by atoms with E-state index in [-0.39, 0.29) is 0 Å². The average molecular weight is 177 g/mol. The zero-order chi connectivity index (χ0) is 9.84. The minimum Gasteiger partial charge on any atom is -0.397 e. The molecule has 0 saturated carbocycles. The summed E-state index contributed by atoms with van der Waals surface area (Å²) in [6, 6.07) is 5.91. The number of nitrogens with one attached hydrogen (secondary N) is 1. The summed E-state index contributed by atoms with van der Waals surface area (Å²) in [5.41, 5.74) is 11.3. The highest BCUT2D eigenvalue weighted by Gasteiger charge is 2.02. The molecule has 1 aromatic rings. The molecular weight excluding hydrogens is 162 g/mol. The molecule has 0 bridgehead atoms. The molecule has 3 heteroatoms. The lowest BCUT2D eigenvalue weighted by molar-refractivity contribution is 0.867. The molecule has 0 aliphatic carbocycles. The molecule has 0 aliphatic heterocycles. The molecule has 0 unspecified atom stereocenters. The minimum atomic E-state index is 0.494. The maximum Gasteiger partial charge on any atom is 0.0791 e. The van der Waals surface area contributed by atoms with Crippen LogP contribution in [0.5, 0.6) is 0 Å². The van der Waals surface area contributed by atoms with Crippen molar-refractivity contribution in [2.24, 2.45) is 5.10 Å². The summed E-state index contributed by atoms with van der Waals surface area (Å²) in [5, 5.41) is 3.56. The Kier molecular flexibility index (Phi) is 2.90. The summed E-state index contributed by atoms with van der Waals surface area (Å²) in [5.74, 6) is 0.494. The maximum atomic E-state index is 5.79. The van der Waals surface area contributed by atoms with E-state index in [4.69, 9.17) is 5.73 Å². The predicted molar refractivity (Wildman–Crippen MR) is 58.1 cm³/mol. The highest BCUT2D eigenvalue weighted by Crippen LogP contribution is 2.23. The van der Waals surface area contributed by atoms with E-state index in [1.54, 1.807) is 0 Å². The van der Waals surface area contributed by atoms with E-state index in [0.717, 1.165) is 5.69 Å². The molecule has 0 spiro atoms. The number of nitrogens with two attached hydrogens (primary N) is 1. The van der Waals surface area contributed by atoms with Gasteiger partial charge in [0.05, 0.1) is 11.4 Å². The molecule has 0 atom stereocenters. The van der Waals surface area contributed by atoms with Crippen molar-refractivity contribution < 1.29 is 0 Å². The summed E-state index contributed by atoms with van der Waals surface area (Å²) in [7, 11) is 0. The van der Waals surface area contributed by atoms with Crippen LogP contribution in [0.1, 0.15) is 25.3 Å². The fourth-order valence-electron chi connectivity index (χ4n) is 1.13. The Bertz CT molecular complexity index is 305. The minimum absolute atomic E-state index is 0.494. The average Bonchev–Trinajstić information content (AvgIpc) is 2.08. The van der Waals surface area contributed by atoms with E-state index in [1.807, 2.05) is 18.2 Å². The van der Waals surface area contributed by atoms with Gasteiger partial charge in [-0.1, -0.05) is 19.9 Å². The van der Waals surface area contributed by atoms with E-state index < -0.39 is 0 Å². The first-order chi connectivity index (χ1) is 6.15. The Morgan fingerprint density at radius 3 is 2.62 bits per heavy atom. The normalized spacial score (nSPS) is 10.1. The first-order valence-corrected chi connectivity index (χ1v) is 4.26. The third kappa shape index (κ3) is 2.21. The van der Waals surface area contributed by atoms with Gasteiger partial charge in [0, 0.05) is 6.72 Å². The lowest BCUT2D eigenvalue weighted by atomic mass is 10.0. The molecule has 1 rings (SSSR count). The number of hydrogen-bond donors (Lipinski definition) is 2. The van der Waals surface area contributed by atoms with Crippen molar-refractivity contribution in [1.82, 2.24) is 0 Å². The molecule has 13 heavy (non-hydrogen) atoms. The van der Waals surface area contributed by atoms with Gasteiger partial charge in [0.25, 0.3) is 0 Å². The molecular formula is C10H15N3. The lowest BCUT2D eigenvalue weighted by Crippen LogP contribution is -1.97. The third-order valence-corrected chi connectivity index (χ3v) is 1.94. The molecule has 1 aromatic carbocycles. The number of hydrogen-bond acceptors (Lipinski definition) is 3. The maximum absolute atomic E-state index is 5.79. The molecule has 0 heterocycles. The second-order valence-corrected chi connectivity index (χ2v) is 3.27. The largest absolute Gasteiger partial charge is 0.397 e. The van der Waals surface area contributed by atoms with Gasteiger partial charge in [0.15, 0.2) is 0 Å². The summed E-state index contributed by atoms with van der Waals surface area (Å²) in [4.78, 5) is 0. The number of rotatable bonds is 3. The molecule has 0 amide bonds. The second-order valence-electron chi connectivity index (χ2n) is 3.27. The van der Waals surface area contributed by atoms with Crippen LogP contribution in [0.3, 0.4) is 0 Å². The van der Waals surface area contributed by atoms with Crippen molar-refractivity contribution >= 4 is 18.1 Å². The predicted octanol–water partition coefficient (Wildman–Crippen LogP) is 2.42. The van der Waals surface area contributed by atoms with Gasteiger partial charge in [-0.2, -0.15) is 5.10 Å². The topological polar surface area (TPSA) is 50.4 Å². The van der Waals surface area contributed by atoms with Crippen LogP contribution < -0.4 is 11.2 Å². The molecule has 3 N–H and O–H groups in total. The zero-order valence-corrected chi connectivity index (χ0v) is 8.04. The fraction of sp³-hybridized carbons (Fsp3) is 0.300. The molecule has 0 radical (unpaired) electrons. The van der Waals surface area contributed by atoms with Crippen molar-refractivity contribution in [3.63, 3.8) is 0 Å². The van der Waals surface area contributed by atoms with Crippen molar-refractivity contribution in [1.29, 1.82) is 0 Å². The van der Waals surface area contributed by atoms with E-state index in [0.29, 0.717) is 11.6 Å². The third-order valence-electron chi connectivity index (χ3n) is 1.94. The van der Waals surface area contributed by atoms with Gasteiger partial charge in [-0.05, 0) is 23.6 Å². The van der Waals surface area contributed by atoms with Gasteiger partial charge in [-0.3, -0.25) is 5.43 Å². The van der Waals surface area contributed by atoms with Crippen LogP contribution in [-0.2, 0) is 0 Å². The monoisotopic (exact) mass is 177 g/mol. The standard InChI is InChI=1S/C10H15N3/c1-7(2)8-4-5-10(13-12-3)9(11)6-8/h4-7,13H,3,11H2,1-2H3. The van der Waals surface area contributed by atoms with Crippen LogP contribution >= 0.6 is 0 Å². The van der Waals surface area contributed by atoms with Crippen LogP contribution in [0.2, 0.25) is 0 Å². The van der Waals surface area contributed by atoms with Gasteiger partial charge >= 0.3 is 0 Å². The molecule has 3 nitrogen and oxygen atoms in total. The Labute approximate surface area is 78.6 Å². The fourth-order valence-corrected chi connectivity index (χ4v) is 1.13. The quantitative estimate of drug-likeness (QED) is 0.423. The lowest BCUT2D eigenvalue weighted by Gasteiger charge is -2.09. The van der Waals surface area contributed by atoms with Crippen molar-refractivity contribution in [3.8, 4) is 0 Å². The van der Waals surface area contributed by atoms with Gasteiger partial charge in [-0.25, -0.2) is 0 Å². The van der Waals surface area contributed by atoms with Crippen molar-refractivity contribution in [2.75, 3.05) is 11.2 Å². The molecule has 70 valence electrons. The Balaban J connectivity index is 2.98. The molecule has 0 aromatic heterocycles. The van der Waals surface area contributed by atoms with E-state index in [9.17, 15) is 0 Å². The van der Waals surface area contributed by atoms with Crippen LogP contribution in [0.4, 0.5) is 11.4 Å². The number of nitrogen functional groups attached to an aromatic ring is 1. The smallest absolute Gasteiger partial charge is 0.0791 e. The SMILES string of the molecule is C=NNc1ccc(C(C)C)cc1N. The van der Waals surface area contributed by atoms with Gasteiger partial charge in [0.2, 0.25) is 0 Å². The van der Waals surface area contributed by atoms with E-state index >= 15 is 0 Å². The Morgan fingerprint density at radius 1 is 1.46 bits per heavy atom. The number of anilines is 2. The summed E-state index contributed by atoms with van der Waals surface area (Å²) in [6.45, 7) is 7.60. The van der Waals surface area contributed by atoms with Crippen molar-refractivity contribution in [3.05, 3.63) is 23.8 Å². The zero-order valence-electron chi connectivity index (χ0n) is 8.04.